The largest absolute Gasteiger partial charge is 0.393 e. The summed E-state index contributed by atoms with van der Waals surface area (Å²) in [7, 11) is 0. The van der Waals surface area contributed by atoms with E-state index in [4.69, 9.17) is 5.73 Å². The minimum Gasteiger partial charge on any atom is -0.393 e. The number of piperidine rings is 2. The van der Waals surface area contributed by atoms with Crippen LogP contribution in [0.5, 0.6) is 0 Å². The minimum absolute atomic E-state index is 0.201. The molecule has 2 saturated heterocycles. The van der Waals surface area contributed by atoms with E-state index in [1.807, 2.05) is 4.90 Å². The van der Waals surface area contributed by atoms with Crippen LogP contribution in [0, 0.1) is 0 Å². The van der Waals surface area contributed by atoms with E-state index in [0.717, 1.165) is 38.8 Å². The van der Waals surface area contributed by atoms with E-state index in [2.05, 4.69) is 4.90 Å². The maximum Gasteiger partial charge on any atom is 0.236 e. The molecule has 0 bridgehead atoms. The second kappa shape index (κ2) is 5.80. The number of likely N-dealkylation sites (tertiary alicyclic amines) is 2. The number of carbonyl (C=O) groups excluding carboxylic acids is 1. The van der Waals surface area contributed by atoms with Crippen molar-refractivity contribution in [3.63, 3.8) is 0 Å². The average Bonchev–Trinajstić information content (AvgIpc) is 2.33. The summed E-state index contributed by atoms with van der Waals surface area (Å²) in [5.41, 5.74) is 5.84. The topological polar surface area (TPSA) is 69.8 Å². The van der Waals surface area contributed by atoms with Crippen LogP contribution < -0.4 is 5.73 Å². The molecule has 0 unspecified atom stereocenters. The van der Waals surface area contributed by atoms with E-state index in [9.17, 15) is 9.90 Å². The lowest BCUT2D eigenvalue weighted by Crippen LogP contribution is -2.48. The number of nitrogens with zero attached hydrogens (tertiary/aromatic N) is 2. The number of aliphatic hydroxyl groups excluding tert-OH is 1. The molecule has 3 N–H and O–H groups in total. The average molecular weight is 241 g/mol. The Balaban J connectivity index is 1.73. The highest BCUT2D eigenvalue weighted by Gasteiger charge is 2.24. The summed E-state index contributed by atoms with van der Waals surface area (Å²) in [5.74, 6) is 0.201. The van der Waals surface area contributed by atoms with Gasteiger partial charge >= 0.3 is 0 Å². The van der Waals surface area contributed by atoms with E-state index in [0.29, 0.717) is 25.7 Å². The summed E-state index contributed by atoms with van der Waals surface area (Å²) in [5, 5.41) is 9.40. The SMILES string of the molecule is NC1CCN(CC(=O)N2CCC(O)CC2)CC1. The normalized spacial score (nSPS) is 25.2. The summed E-state index contributed by atoms with van der Waals surface area (Å²) in [6.45, 7) is 3.79. The minimum atomic E-state index is -0.216. The summed E-state index contributed by atoms with van der Waals surface area (Å²) < 4.78 is 0. The van der Waals surface area contributed by atoms with Gasteiger partial charge in [0.1, 0.15) is 0 Å². The predicted octanol–water partition coefficient (Wildman–Crippen LogP) is -0.607. The van der Waals surface area contributed by atoms with Crippen molar-refractivity contribution in [2.24, 2.45) is 5.73 Å². The van der Waals surface area contributed by atoms with Crippen LogP contribution in [0.4, 0.5) is 0 Å². The third-order valence-corrected chi connectivity index (χ3v) is 3.81. The van der Waals surface area contributed by atoms with Gasteiger partial charge in [-0.25, -0.2) is 0 Å². The quantitative estimate of drug-likeness (QED) is 0.677. The van der Waals surface area contributed by atoms with E-state index < -0.39 is 0 Å². The third kappa shape index (κ3) is 3.66. The van der Waals surface area contributed by atoms with Gasteiger partial charge in [0.25, 0.3) is 0 Å². The van der Waals surface area contributed by atoms with E-state index in [-0.39, 0.29) is 12.0 Å². The van der Waals surface area contributed by atoms with Crippen LogP contribution >= 0.6 is 0 Å². The van der Waals surface area contributed by atoms with Crippen LogP contribution in [0.25, 0.3) is 0 Å². The number of nitrogens with two attached hydrogens (primary N) is 1. The summed E-state index contributed by atoms with van der Waals surface area (Å²) >= 11 is 0. The molecule has 2 aliphatic rings. The first-order chi connectivity index (χ1) is 8.15. The Bertz CT molecular complexity index is 256. The van der Waals surface area contributed by atoms with Crippen molar-refractivity contribution < 1.29 is 9.90 Å². The Labute approximate surface area is 103 Å². The maximum absolute atomic E-state index is 12.0. The standard InChI is InChI=1S/C12H23N3O2/c13-10-1-5-14(6-2-10)9-12(17)15-7-3-11(16)4-8-15/h10-11,16H,1-9,13H2. The number of hydrogen-bond acceptors (Lipinski definition) is 4. The van der Waals surface area contributed by atoms with Gasteiger partial charge in [0.05, 0.1) is 12.6 Å². The predicted molar refractivity (Wildman–Crippen MR) is 65.5 cm³/mol. The molecule has 0 radical (unpaired) electrons. The van der Waals surface area contributed by atoms with Crippen LogP contribution in [-0.4, -0.2) is 65.7 Å². The Morgan fingerprint density at radius 1 is 1.12 bits per heavy atom. The van der Waals surface area contributed by atoms with Crippen LogP contribution in [0.2, 0.25) is 0 Å². The summed E-state index contributed by atoms with van der Waals surface area (Å²) in [6.07, 6.45) is 3.21. The zero-order valence-corrected chi connectivity index (χ0v) is 10.3. The molecule has 5 nitrogen and oxygen atoms in total. The lowest BCUT2D eigenvalue weighted by Gasteiger charge is -2.34. The lowest BCUT2D eigenvalue weighted by molar-refractivity contribution is -0.134. The van der Waals surface area contributed by atoms with Crippen LogP contribution in [-0.2, 0) is 4.79 Å². The molecule has 0 aromatic carbocycles. The van der Waals surface area contributed by atoms with Crippen molar-refractivity contribution in [1.82, 2.24) is 9.80 Å². The monoisotopic (exact) mass is 241 g/mol. The van der Waals surface area contributed by atoms with Crippen molar-refractivity contribution in [3.8, 4) is 0 Å². The molecule has 98 valence electrons. The van der Waals surface area contributed by atoms with Gasteiger partial charge in [0.15, 0.2) is 0 Å². The van der Waals surface area contributed by atoms with Gasteiger partial charge in [0.2, 0.25) is 5.91 Å². The first kappa shape index (κ1) is 12.8. The second-order valence-corrected chi connectivity index (χ2v) is 5.23. The Kier molecular flexibility index (Phi) is 4.36. The first-order valence-electron chi connectivity index (χ1n) is 6.59. The molecular weight excluding hydrogens is 218 g/mol. The van der Waals surface area contributed by atoms with Gasteiger partial charge in [-0.3, -0.25) is 9.69 Å². The van der Waals surface area contributed by atoms with Crippen LogP contribution in [0.1, 0.15) is 25.7 Å². The fraction of sp³-hybridized carbons (Fsp3) is 0.917. The van der Waals surface area contributed by atoms with Gasteiger partial charge in [-0.05, 0) is 25.7 Å². The molecule has 2 aliphatic heterocycles. The van der Waals surface area contributed by atoms with E-state index in [1.54, 1.807) is 0 Å². The molecule has 2 fully saturated rings. The lowest BCUT2D eigenvalue weighted by atomic mass is 10.1. The number of aliphatic hydroxyl groups is 1. The zero-order chi connectivity index (χ0) is 12.3. The van der Waals surface area contributed by atoms with Crippen molar-refractivity contribution >= 4 is 5.91 Å². The van der Waals surface area contributed by atoms with Crippen LogP contribution in [0.3, 0.4) is 0 Å². The second-order valence-electron chi connectivity index (χ2n) is 5.23. The smallest absolute Gasteiger partial charge is 0.236 e. The molecule has 1 amide bonds. The van der Waals surface area contributed by atoms with Crippen molar-refractivity contribution in [2.75, 3.05) is 32.7 Å². The molecule has 0 saturated carbocycles. The number of rotatable bonds is 2. The Hall–Kier alpha value is -0.650. The highest BCUT2D eigenvalue weighted by molar-refractivity contribution is 5.78. The highest BCUT2D eigenvalue weighted by atomic mass is 16.3. The number of amides is 1. The molecule has 0 aromatic heterocycles. The van der Waals surface area contributed by atoms with Gasteiger partial charge in [-0.15, -0.1) is 0 Å². The van der Waals surface area contributed by atoms with Crippen molar-refractivity contribution in [2.45, 2.75) is 37.8 Å². The van der Waals surface area contributed by atoms with Crippen molar-refractivity contribution in [3.05, 3.63) is 0 Å². The van der Waals surface area contributed by atoms with Gasteiger partial charge in [-0.1, -0.05) is 0 Å². The van der Waals surface area contributed by atoms with Gasteiger partial charge in [-0.2, -0.15) is 0 Å². The molecule has 0 aromatic rings. The number of hydrogen-bond donors (Lipinski definition) is 2. The number of carbonyl (C=O) groups is 1. The van der Waals surface area contributed by atoms with Crippen molar-refractivity contribution in [1.29, 1.82) is 0 Å². The third-order valence-electron chi connectivity index (χ3n) is 3.81. The first-order valence-corrected chi connectivity index (χ1v) is 6.59. The fourth-order valence-corrected chi connectivity index (χ4v) is 2.52. The molecule has 17 heavy (non-hydrogen) atoms. The molecule has 0 aliphatic carbocycles. The maximum atomic E-state index is 12.0. The Morgan fingerprint density at radius 2 is 1.71 bits per heavy atom. The molecule has 0 atom stereocenters. The molecular formula is C12H23N3O2. The van der Waals surface area contributed by atoms with Gasteiger partial charge < -0.3 is 15.7 Å². The molecule has 2 rings (SSSR count). The molecule has 0 spiro atoms. The van der Waals surface area contributed by atoms with E-state index >= 15 is 0 Å². The van der Waals surface area contributed by atoms with Gasteiger partial charge in [0, 0.05) is 32.2 Å². The molecule has 5 heteroatoms. The fourth-order valence-electron chi connectivity index (χ4n) is 2.52. The van der Waals surface area contributed by atoms with Crippen LogP contribution in [0.15, 0.2) is 0 Å². The summed E-state index contributed by atoms with van der Waals surface area (Å²) in [6, 6.07) is 0.312. The molecule has 2 heterocycles. The summed E-state index contributed by atoms with van der Waals surface area (Å²) in [4.78, 5) is 16.1. The Morgan fingerprint density at radius 3 is 2.29 bits per heavy atom. The van der Waals surface area contributed by atoms with E-state index in [1.165, 1.54) is 0 Å². The zero-order valence-electron chi connectivity index (χ0n) is 10.3. The highest BCUT2D eigenvalue weighted by Crippen LogP contribution is 2.12.